The van der Waals surface area contributed by atoms with Crippen LogP contribution in [-0.4, -0.2) is 10.4 Å². The molecule has 0 radical (unpaired) electrons. The number of nitrogens with zero attached hydrogens (tertiary/aromatic N) is 2. The largest absolute Gasteiger partial charge is 0.290 e. The first kappa shape index (κ1) is 10.7. The van der Waals surface area contributed by atoms with Gasteiger partial charge in [-0.05, 0) is 27.2 Å². The maximum Gasteiger partial charge on any atom is 0.182 e. The lowest BCUT2D eigenvalue weighted by molar-refractivity contribution is 0.780. The molecule has 1 rings (SSSR count). The van der Waals surface area contributed by atoms with Gasteiger partial charge in [-0.2, -0.15) is 5.10 Å². The van der Waals surface area contributed by atoms with Crippen LogP contribution in [0.1, 0.15) is 31.7 Å². The van der Waals surface area contributed by atoms with Gasteiger partial charge in [0.05, 0.1) is 0 Å². The summed E-state index contributed by atoms with van der Waals surface area (Å²) >= 11 is 0. The zero-order chi connectivity index (χ0) is 10.7. The minimum Gasteiger partial charge on any atom is -0.290 e. The van der Waals surface area contributed by atoms with Gasteiger partial charge in [0.2, 0.25) is 0 Å². The second-order valence-electron chi connectivity index (χ2n) is 3.47. The Morgan fingerprint density at radius 3 is 2.29 bits per heavy atom. The highest BCUT2D eigenvalue weighted by Gasteiger charge is 1.99. The van der Waals surface area contributed by atoms with Crippen LogP contribution < -0.4 is 5.43 Å². The Labute approximate surface area is 84.1 Å². The fourth-order valence-corrected chi connectivity index (χ4v) is 1.25. The number of hydrogen-bond acceptors (Lipinski definition) is 2. The van der Waals surface area contributed by atoms with Crippen molar-refractivity contribution in [3.8, 4) is 0 Å². The quantitative estimate of drug-likeness (QED) is 0.661. The van der Waals surface area contributed by atoms with Crippen LogP contribution in [0, 0.1) is 13.8 Å². The van der Waals surface area contributed by atoms with E-state index in [-0.39, 0.29) is 5.43 Å². The van der Waals surface area contributed by atoms with Gasteiger partial charge in [0.15, 0.2) is 5.43 Å². The van der Waals surface area contributed by atoms with E-state index in [4.69, 9.17) is 0 Å². The molecule has 0 bridgehead atoms. The Morgan fingerprint density at radius 2 is 1.86 bits per heavy atom. The Bertz CT molecular complexity index is 390. The van der Waals surface area contributed by atoms with Crippen molar-refractivity contribution in [2.45, 2.75) is 34.1 Å². The summed E-state index contributed by atoms with van der Waals surface area (Å²) in [6.07, 6.45) is 0.922. The molecule has 3 nitrogen and oxygen atoms in total. The highest BCUT2D eigenvalue weighted by molar-refractivity contribution is 5.81. The molecule has 0 aromatic carbocycles. The summed E-state index contributed by atoms with van der Waals surface area (Å²) in [5, 5.41) is 4.41. The normalized spacial score (nSPS) is 11.9. The lowest BCUT2D eigenvalue weighted by Gasteiger charge is -2.08. The topological polar surface area (TPSA) is 34.4 Å². The summed E-state index contributed by atoms with van der Waals surface area (Å²) in [6.45, 7) is 7.82. The van der Waals surface area contributed by atoms with E-state index in [0.29, 0.717) is 0 Å². The molecule has 0 unspecified atom stereocenters. The maximum absolute atomic E-state index is 11.2. The summed E-state index contributed by atoms with van der Waals surface area (Å²) in [5.41, 5.74) is 2.85. The third-order valence-corrected chi connectivity index (χ3v) is 2.15. The monoisotopic (exact) mass is 192 g/mol. The van der Waals surface area contributed by atoms with Crippen molar-refractivity contribution >= 4 is 5.71 Å². The number of aryl methyl sites for hydroxylation is 2. The molecule has 76 valence electrons. The molecule has 0 aliphatic rings. The van der Waals surface area contributed by atoms with Gasteiger partial charge < -0.3 is 0 Å². The first-order chi connectivity index (χ1) is 6.54. The van der Waals surface area contributed by atoms with Crippen LogP contribution in [0.2, 0.25) is 0 Å². The highest BCUT2D eigenvalue weighted by Crippen LogP contribution is 2.01. The third-order valence-electron chi connectivity index (χ3n) is 2.15. The molecule has 0 saturated carbocycles. The van der Waals surface area contributed by atoms with Crippen molar-refractivity contribution in [2.75, 3.05) is 0 Å². The predicted molar refractivity (Wildman–Crippen MR) is 59.0 cm³/mol. The van der Waals surface area contributed by atoms with Crippen LogP contribution in [0.15, 0.2) is 22.0 Å². The molecule has 1 aromatic rings. The van der Waals surface area contributed by atoms with Gasteiger partial charge in [-0.3, -0.25) is 4.79 Å². The second kappa shape index (κ2) is 4.22. The SMILES string of the molecule is CC/C(C)=N/n1c(C)cc(=O)cc1C. The van der Waals surface area contributed by atoms with Gasteiger partial charge >= 0.3 is 0 Å². The Balaban J connectivity index is 3.28. The summed E-state index contributed by atoms with van der Waals surface area (Å²) in [7, 11) is 0. The lowest BCUT2D eigenvalue weighted by Crippen LogP contribution is -2.10. The van der Waals surface area contributed by atoms with E-state index in [0.717, 1.165) is 23.5 Å². The fourth-order valence-electron chi connectivity index (χ4n) is 1.25. The van der Waals surface area contributed by atoms with E-state index >= 15 is 0 Å². The molecule has 0 aliphatic heterocycles. The first-order valence-corrected chi connectivity index (χ1v) is 4.79. The van der Waals surface area contributed by atoms with E-state index < -0.39 is 0 Å². The standard InChI is InChI=1S/C11H16N2O/c1-5-8(2)12-13-9(3)6-11(14)7-10(13)4/h6-7H,5H2,1-4H3/b12-8+. The molecule has 0 fully saturated rings. The van der Waals surface area contributed by atoms with E-state index in [1.165, 1.54) is 0 Å². The Morgan fingerprint density at radius 1 is 1.36 bits per heavy atom. The third kappa shape index (κ3) is 2.31. The van der Waals surface area contributed by atoms with Crippen LogP contribution >= 0.6 is 0 Å². The highest BCUT2D eigenvalue weighted by atomic mass is 16.1. The molecule has 0 amide bonds. The van der Waals surface area contributed by atoms with Crippen LogP contribution in [0.25, 0.3) is 0 Å². The molecule has 0 aliphatic carbocycles. The molecule has 0 saturated heterocycles. The van der Waals surface area contributed by atoms with Gasteiger partial charge in [0, 0.05) is 29.2 Å². The maximum atomic E-state index is 11.2. The van der Waals surface area contributed by atoms with E-state index in [1.807, 2.05) is 20.8 Å². The molecule has 1 aromatic heterocycles. The molecular weight excluding hydrogens is 176 g/mol. The Hall–Kier alpha value is -1.38. The number of hydrogen-bond donors (Lipinski definition) is 0. The molecular formula is C11H16N2O. The molecule has 0 atom stereocenters. The molecule has 14 heavy (non-hydrogen) atoms. The van der Waals surface area contributed by atoms with Crippen molar-refractivity contribution in [3.05, 3.63) is 33.7 Å². The van der Waals surface area contributed by atoms with Crippen molar-refractivity contribution < 1.29 is 0 Å². The number of aromatic nitrogens is 1. The van der Waals surface area contributed by atoms with Gasteiger partial charge in [0.25, 0.3) is 0 Å². The summed E-state index contributed by atoms with van der Waals surface area (Å²) in [5.74, 6) is 0. The van der Waals surface area contributed by atoms with Crippen molar-refractivity contribution in [1.82, 2.24) is 4.68 Å². The van der Waals surface area contributed by atoms with Gasteiger partial charge in [-0.15, -0.1) is 0 Å². The zero-order valence-electron chi connectivity index (χ0n) is 9.16. The zero-order valence-corrected chi connectivity index (χ0v) is 9.16. The molecule has 3 heteroatoms. The van der Waals surface area contributed by atoms with Crippen molar-refractivity contribution in [2.24, 2.45) is 5.10 Å². The predicted octanol–water partition coefficient (Wildman–Crippen LogP) is 2.10. The van der Waals surface area contributed by atoms with Crippen LogP contribution in [0.3, 0.4) is 0 Å². The van der Waals surface area contributed by atoms with Crippen LogP contribution in [0.4, 0.5) is 0 Å². The van der Waals surface area contributed by atoms with Crippen LogP contribution in [-0.2, 0) is 0 Å². The van der Waals surface area contributed by atoms with Crippen molar-refractivity contribution in [1.29, 1.82) is 0 Å². The first-order valence-electron chi connectivity index (χ1n) is 4.79. The molecule has 1 heterocycles. The number of pyridine rings is 1. The van der Waals surface area contributed by atoms with Crippen LogP contribution in [0.5, 0.6) is 0 Å². The van der Waals surface area contributed by atoms with E-state index in [9.17, 15) is 4.79 Å². The van der Waals surface area contributed by atoms with Gasteiger partial charge in [0.1, 0.15) is 0 Å². The van der Waals surface area contributed by atoms with E-state index in [1.54, 1.807) is 16.8 Å². The molecule has 0 N–H and O–H groups in total. The second-order valence-corrected chi connectivity index (χ2v) is 3.47. The smallest absolute Gasteiger partial charge is 0.182 e. The average Bonchev–Trinajstić information content (AvgIpc) is 2.10. The summed E-state index contributed by atoms with van der Waals surface area (Å²) < 4.78 is 1.81. The van der Waals surface area contributed by atoms with Gasteiger partial charge in [-0.1, -0.05) is 6.92 Å². The summed E-state index contributed by atoms with van der Waals surface area (Å²) in [4.78, 5) is 11.2. The molecule has 0 spiro atoms. The van der Waals surface area contributed by atoms with Gasteiger partial charge in [-0.25, -0.2) is 4.68 Å². The fraction of sp³-hybridized carbons (Fsp3) is 0.455. The summed E-state index contributed by atoms with van der Waals surface area (Å²) in [6, 6.07) is 3.19. The average molecular weight is 192 g/mol. The van der Waals surface area contributed by atoms with Crippen molar-refractivity contribution in [3.63, 3.8) is 0 Å². The lowest BCUT2D eigenvalue weighted by atomic mass is 10.3. The Kier molecular flexibility index (Phi) is 3.23. The minimum atomic E-state index is 0.0422. The minimum absolute atomic E-state index is 0.0422. The number of rotatable bonds is 2. The van der Waals surface area contributed by atoms with E-state index in [2.05, 4.69) is 12.0 Å².